The summed E-state index contributed by atoms with van der Waals surface area (Å²) in [6, 6.07) is 82.5. The maximum atomic E-state index is 2.44. The van der Waals surface area contributed by atoms with Gasteiger partial charge in [-0.1, -0.05) is 176 Å². The van der Waals surface area contributed by atoms with Crippen molar-refractivity contribution in [2.45, 2.75) is 5.41 Å². The zero-order valence-electron chi connectivity index (χ0n) is 31.2. The first-order valence-corrected chi connectivity index (χ1v) is 20.4. The van der Waals surface area contributed by atoms with Crippen LogP contribution in [-0.4, -0.2) is 0 Å². The number of fused-ring (bicyclic) bond motifs is 6. The third kappa shape index (κ3) is 5.37. The fourth-order valence-electron chi connectivity index (χ4n) is 9.30. The molecular weight excluding hydrogens is 707 g/mol. The average molecular weight is 744 g/mol. The largest absolute Gasteiger partial charge is 0.310 e. The molecule has 0 atom stereocenters. The van der Waals surface area contributed by atoms with E-state index in [-0.39, 0.29) is 0 Å². The van der Waals surface area contributed by atoms with Crippen LogP contribution in [0.4, 0.5) is 17.1 Å². The van der Waals surface area contributed by atoms with Crippen molar-refractivity contribution in [2.24, 2.45) is 0 Å². The van der Waals surface area contributed by atoms with Gasteiger partial charge in [0.1, 0.15) is 0 Å². The minimum Gasteiger partial charge on any atom is -0.310 e. The van der Waals surface area contributed by atoms with Crippen molar-refractivity contribution in [1.82, 2.24) is 0 Å². The van der Waals surface area contributed by atoms with Crippen LogP contribution in [0.5, 0.6) is 0 Å². The third-order valence-corrected chi connectivity index (χ3v) is 12.9. The summed E-state index contributed by atoms with van der Waals surface area (Å²) in [5, 5.41) is 2.58. The summed E-state index contributed by atoms with van der Waals surface area (Å²) in [6.45, 7) is 0. The summed E-state index contributed by atoms with van der Waals surface area (Å²) < 4.78 is 2.57. The summed E-state index contributed by atoms with van der Waals surface area (Å²) >= 11 is 1.88. The quantitative estimate of drug-likeness (QED) is 0.157. The first kappa shape index (κ1) is 33.3. The van der Waals surface area contributed by atoms with Crippen molar-refractivity contribution in [1.29, 1.82) is 0 Å². The summed E-state index contributed by atoms with van der Waals surface area (Å²) in [6.07, 6.45) is 0. The summed E-state index contributed by atoms with van der Waals surface area (Å²) in [5.74, 6) is 0. The molecule has 0 bridgehead atoms. The van der Waals surface area contributed by atoms with E-state index in [1.165, 1.54) is 75.8 Å². The molecule has 1 aliphatic rings. The minimum atomic E-state index is -0.494. The molecule has 268 valence electrons. The maximum Gasteiger partial charge on any atom is 0.0720 e. The highest BCUT2D eigenvalue weighted by atomic mass is 32.1. The van der Waals surface area contributed by atoms with Crippen LogP contribution in [0, 0.1) is 0 Å². The molecule has 1 nitrogen and oxygen atoms in total. The van der Waals surface area contributed by atoms with Crippen molar-refractivity contribution in [3.05, 3.63) is 247 Å². The van der Waals surface area contributed by atoms with Crippen molar-refractivity contribution in [3.8, 4) is 33.4 Å². The van der Waals surface area contributed by atoms with Gasteiger partial charge in [0.2, 0.25) is 0 Å². The Kier molecular flexibility index (Phi) is 7.98. The molecule has 0 fully saturated rings. The van der Waals surface area contributed by atoms with E-state index >= 15 is 0 Å². The van der Waals surface area contributed by atoms with Crippen LogP contribution >= 0.6 is 11.3 Å². The van der Waals surface area contributed by atoms with E-state index in [0.717, 1.165) is 17.1 Å². The van der Waals surface area contributed by atoms with E-state index in [1.54, 1.807) is 0 Å². The highest BCUT2D eigenvalue weighted by molar-refractivity contribution is 7.25. The zero-order valence-corrected chi connectivity index (χ0v) is 32.0. The number of benzene rings is 9. The van der Waals surface area contributed by atoms with Gasteiger partial charge in [0.15, 0.2) is 0 Å². The Hall–Kier alpha value is -7.00. The van der Waals surface area contributed by atoms with E-state index in [1.807, 2.05) is 11.3 Å². The maximum absolute atomic E-state index is 2.44. The lowest BCUT2D eigenvalue weighted by molar-refractivity contribution is 0.777. The second-order valence-electron chi connectivity index (χ2n) is 14.8. The fourth-order valence-corrected chi connectivity index (χ4v) is 10.4. The summed E-state index contributed by atoms with van der Waals surface area (Å²) in [4.78, 5) is 2.43. The molecule has 0 saturated heterocycles. The van der Waals surface area contributed by atoms with E-state index in [2.05, 4.69) is 229 Å². The van der Waals surface area contributed by atoms with Crippen LogP contribution in [0.15, 0.2) is 224 Å². The van der Waals surface area contributed by atoms with E-state index in [9.17, 15) is 0 Å². The van der Waals surface area contributed by atoms with Crippen molar-refractivity contribution >= 4 is 48.6 Å². The van der Waals surface area contributed by atoms with Gasteiger partial charge in [0.25, 0.3) is 0 Å². The molecular formula is C55H37NS. The highest BCUT2D eigenvalue weighted by Gasteiger charge is 2.47. The SMILES string of the molecule is c1ccc(-c2cccc(N(c3cccc(-c4ccccc4)c3)c3ccc4sc5cccc(C6(c7ccccc7)c7ccccc7-c7ccccc76)c5c4c3)c2)cc1. The summed E-state index contributed by atoms with van der Waals surface area (Å²) in [7, 11) is 0. The molecule has 1 heterocycles. The standard InChI is InChI=1S/C55H37NS/c1-4-17-38(18-5-1)40-21-14-25-43(35-40)56(44-26-15-22-41(36-44)39-19-6-2-7-20-39)45-33-34-52-48(37-45)54-51(31-16-32-53(54)57-52)55(42-23-8-3-9-24-42)49-29-12-10-27-46(49)47-28-11-13-30-50(47)55/h1-37H. The number of nitrogens with zero attached hydrogens (tertiary/aromatic N) is 1. The fraction of sp³-hybridized carbons (Fsp3) is 0.0182. The normalized spacial score (nSPS) is 12.7. The molecule has 0 saturated carbocycles. The second-order valence-corrected chi connectivity index (χ2v) is 15.9. The molecule has 2 heteroatoms. The molecule has 10 aromatic rings. The van der Waals surface area contributed by atoms with Crippen LogP contribution in [-0.2, 0) is 5.41 Å². The Balaban J connectivity index is 1.18. The molecule has 0 radical (unpaired) electrons. The van der Waals surface area contributed by atoms with Crippen LogP contribution in [0.3, 0.4) is 0 Å². The molecule has 1 aliphatic carbocycles. The molecule has 1 aromatic heterocycles. The van der Waals surface area contributed by atoms with Crippen molar-refractivity contribution in [3.63, 3.8) is 0 Å². The van der Waals surface area contributed by atoms with Crippen LogP contribution in [0.25, 0.3) is 53.6 Å². The molecule has 0 spiro atoms. The van der Waals surface area contributed by atoms with E-state index in [4.69, 9.17) is 0 Å². The monoisotopic (exact) mass is 743 g/mol. The number of anilines is 3. The predicted octanol–water partition coefficient (Wildman–Crippen LogP) is 15.2. The average Bonchev–Trinajstić information content (AvgIpc) is 3.81. The summed E-state index contributed by atoms with van der Waals surface area (Å²) in [5.41, 5.74) is 15.5. The first-order valence-electron chi connectivity index (χ1n) is 19.6. The van der Waals surface area contributed by atoms with Crippen LogP contribution in [0.1, 0.15) is 22.3 Å². The number of hydrogen-bond donors (Lipinski definition) is 0. The van der Waals surface area contributed by atoms with E-state index < -0.39 is 5.41 Å². The third-order valence-electron chi connectivity index (χ3n) is 11.7. The molecule has 57 heavy (non-hydrogen) atoms. The minimum absolute atomic E-state index is 0.494. The van der Waals surface area contributed by atoms with Gasteiger partial charge < -0.3 is 4.90 Å². The van der Waals surface area contributed by atoms with Gasteiger partial charge in [-0.3, -0.25) is 0 Å². The second kappa shape index (κ2) is 13.6. The van der Waals surface area contributed by atoms with Gasteiger partial charge in [-0.15, -0.1) is 11.3 Å². The number of rotatable bonds is 7. The molecule has 0 N–H and O–H groups in total. The van der Waals surface area contributed by atoms with Crippen molar-refractivity contribution in [2.75, 3.05) is 4.90 Å². The Bertz CT molecular complexity index is 2940. The Morgan fingerprint density at radius 3 is 1.40 bits per heavy atom. The Morgan fingerprint density at radius 2 is 0.807 bits per heavy atom. The first-order chi connectivity index (χ1) is 28.3. The number of thiophene rings is 1. The smallest absolute Gasteiger partial charge is 0.0720 e. The molecule has 9 aromatic carbocycles. The topological polar surface area (TPSA) is 3.24 Å². The van der Waals surface area contributed by atoms with Gasteiger partial charge in [0.05, 0.1) is 5.41 Å². The predicted molar refractivity (Wildman–Crippen MR) is 242 cm³/mol. The van der Waals surface area contributed by atoms with Gasteiger partial charge in [-0.25, -0.2) is 0 Å². The van der Waals surface area contributed by atoms with Crippen molar-refractivity contribution < 1.29 is 0 Å². The molecule has 0 unspecified atom stereocenters. The number of hydrogen-bond acceptors (Lipinski definition) is 2. The van der Waals surface area contributed by atoms with Gasteiger partial charge >= 0.3 is 0 Å². The van der Waals surface area contributed by atoms with Gasteiger partial charge in [0, 0.05) is 37.2 Å². The lowest BCUT2D eigenvalue weighted by Gasteiger charge is -2.34. The highest BCUT2D eigenvalue weighted by Crippen LogP contribution is 2.58. The Morgan fingerprint density at radius 1 is 0.333 bits per heavy atom. The van der Waals surface area contributed by atoms with E-state index in [0.29, 0.717) is 0 Å². The van der Waals surface area contributed by atoms with Gasteiger partial charge in [-0.2, -0.15) is 0 Å². The molecule has 11 rings (SSSR count). The zero-order chi connectivity index (χ0) is 37.8. The Labute approximate surface area is 337 Å². The van der Waals surface area contributed by atoms with Crippen LogP contribution < -0.4 is 4.90 Å². The lowest BCUT2D eigenvalue weighted by atomic mass is 9.66. The van der Waals surface area contributed by atoms with Gasteiger partial charge in [-0.05, 0) is 104 Å². The lowest BCUT2D eigenvalue weighted by Crippen LogP contribution is -2.28. The molecule has 0 aliphatic heterocycles. The molecule has 0 amide bonds. The van der Waals surface area contributed by atoms with Crippen LogP contribution in [0.2, 0.25) is 0 Å².